The first kappa shape index (κ1) is 26.1. The molecule has 1 aromatic heterocycles. The van der Waals surface area contributed by atoms with Crippen LogP contribution in [0.3, 0.4) is 0 Å². The third-order valence-corrected chi connectivity index (χ3v) is 5.05. The zero-order chi connectivity index (χ0) is 20.0. The number of hydrogen-bond acceptors (Lipinski definition) is 5. The van der Waals surface area contributed by atoms with Crippen LogP contribution in [0.1, 0.15) is 52.3 Å². The second-order valence-electron chi connectivity index (χ2n) is 7.26. The molecule has 168 valence electrons. The Morgan fingerprint density at radius 1 is 1.24 bits per heavy atom. The first-order chi connectivity index (χ1) is 13.8. The van der Waals surface area contributed by atoms with Crippen molar-refractivity contribution in [2.75, 3.05) is 45.9 Å². The summed E-state index contributed by atoms with van der Waals surface area (Å²) in [4.78, 5) is 7.33. The molecule has 2 N–H and O–H groups in total. The van der Waals surface area contributed by atoms with Gasteiger partial charge < -0.3 is 24.8 Å². The number of aryl methyl sites for hydroxylation is 1. The fraction of sp³-hybridized carbons (Fsp3) is 0.850. The Hall–Kier alpha value is -0.940. The average Bonchev–Trinajstić information content (AvgIpc) is 3.17. The number of aliphatic imine (C=N–C) groups is 1. The molecule has 8 nitrogen and oxygen atoms in total. The number of rotatable bonds is 12. The molecule has 9 heteroatoms. The summed E-state index contributed by atoms with van der Waals surface area (Å²) in [6.07, 6.45) is 7.22. The molecule has 1 aliphatic rings. The molecule has 0 radical (unpaired) electrons. The summed E-state index contributed by atoms with van der Waals surface area (Å²) in [6.45, 7) is 13.9. The molecular weight excluding hydrogens is 481 g/mol. The summed E-state index contributed by atoms with van der Waals surface area (Å²) in [6, 6.07) is 0.493. The van der Waals surface area contributed by atoms with Gasteiger partial charge in [-0.2, -0.15) is 0 Å². The van der Waals surface area contributed by atoms with Crippen molar-refractivity contribution in [1.29, 1.82) is 0 Å². The van der Waals surface area contributed by atoms with Gasteiger partial charge in [-0.05, 0) is 39.2 Å². The highest BCUT2D eigenvalue weighted by Gasteiger charge is 2.19. The molecule has 1 aliphatic heterocycles. The fourth-order valence-electron chi connectivity index (χ4n) is 3.50. The third-order valence-electron chi connectivity index (χ3n) is 5.05. The monoisotopic (exact) mass is 521 g/mol. The second-order valence-corrected chi connectivity index (χ2v) is 7.26. The van der Waals surface area contributed by atoms with Gasteiger partial charge in [0, 0.05) is 58.4 Å². The number of aromatic nitrogens is 3. The highest BCUT2D eigenvalue weighted by Crippen LogP contribution is 2.10. The van der Waals surface area contributed by atoms with Crippen LogP contribution in [0.2, 0.25) is 0 Å². The van der Waals surface area contributed by atoms with Crippen LogP contribution in [0, 0.1) is 0 Å². The van der Waals surface area contributed by atoms with Crippen molar-refractivity contribution < 1.29 is 4.74 Å². The predicted molar refractivity (Wildman–Crippen MR) is 129 cm³/mol. The van der Waals surface area contributed by atoms with Gasteiger partial charge in [-0.3, -0.25) is 4.99 Å². The predicted octanol–water partition coefficient (Wildman–Crippen LogP) is 2.29. The molecule has 2 rings (SSSR count). The molecule has 0 atom stereocenters. The normalized spacial score (nSPS) is 15.9. The van der Waals surface area contributed by atoms with Crippen LogP contribution in [0.4, 0.5) is 0 Å². The van der Waals surface area contributed by atoms with E-state index in [0.29, 0.717) is 6.04 Å². The van der Waals surface area contributed by atoms with Crippen LogP contribution in [0.5, 0.6) is 0 Å². The molecule has 0 bridgehead atoms. The quantitative estimate of drug-likeness (QED) is 0.190. The van der Waals surface area contributed by atoms with Crippen molar-refractivity contribution in [2.24, 2.45) is 4.99 Å². The summed E-state index contributed by atoms with van der Waals surface area (Å²) >= 11 is 0. The van der Waals surface area contributed by atoms with E-state index in [0.717, 1.165) is 57.5 Å². The SMILES string of the molecule is CCCN1CCC(NC(=NCCCOCC)NCCn2cnnc2CC)CC1.I. The summed E-state index contributed by atoms with van der Waals surface area (Å²) < 4.78 is 7.52. The largest absolute Gasteiger partial charge is 0.382 e. The van der Waals surface area contributed by atoms with Crippen molar-refractivity contribution in [1.82, 2.24) is 30.3 Å². The Bertz CT molecular complexity index is 559. The first-order valence-corrected chi connectivity index (χ1v) is 11.0. The van der Waals surface area contributed by atoms with E-state index >= 15 is 0 Å². The lowest BCUT2D eigenvalue weighted by Crippen LogP contribution is -2.49. The number of guanidine groups is 1. The minimum atomic E-state index is 0. The van der Waals surface area contributed by atoms with Crippen molar-refractivity contribution in [3.63, 3.8) is 0 Å². The minimum Gasteiger partial charge on any atom is -0.382 e. The Labute approximate surface area is 193 Å². The maximum Gasteiger partial charge on any atom is 0.191 e. The van der Waals surface area contributed by atoms with Crippen LogP contribution in [0.25, 0.3) is 0 Å². The van der Waals surface area contributed by atoms with Gasteiger partial charge in [0.25, 0.3) is 0 Å². The van der Waals surface area contributed by atoms with Crippen LogP contribution in [0.15, 0.2) is 11.3 Å². The number of hydrogen-bond donors (Lipinski definition) is 2. The van der Waals surface area contributed by atoms with Gasteiger partial charge in [-0.25, -0.2) is 0 Å². The third kappa shape index (κ3) is 10.1. The smallest absolute Gasteiger partial charge is 0.191 e. The Morgan fingerprint density at radius 2 is 2.03 bits per heavy atom. The molecule has 0 aliphatic carbocycles. The van der Waals surface area contributed by atoms with E-state index in [-0.39, 0.29) is 24.0 Å². The summed E-state index contributed by atoms with van der Waals surface area (Å²) in [5, 5.41) is 15.3. The van der Waals surface area contributed by atoms with E-state index in [9.17, 15) is 0 Å². The topological polar surface area (TPSA) is 79.6 Å². The van der Waals surface area contributed by atoms with Crippen LogP contribution >= 0.6 is 24.0 Å². The van der Waals surface area contributed by atoms with Gasteiger partial charge in [-0.1, -0.05) is 13.8 Å². The Morgan fingerprint density at radius 3 is 2.72 bits per heavy atom. The molecule has 29 heavy (non-hydrogen) atoms. The first-order valence-electron chi connectivity index (χ1n) is 11.0. The zero-order valence-corrected chi connectivity index (χ0v) is 20.7. The molecule has 0 saturated carbocycles. The molecular formula is C20H40IN7O. The summed E-state index contributed by atoms with van der Waals surface area (Å²) in [7, 11) is 0. The van der Waals surface area contributed by atoms with E-state index in [1.165, 1.54) is 38.9 Å². The lowest BCUT2D eigenvalue weighted by Gasteiger charge is -2.32. The molecule has 1 fully saturated rings. The highest BCUT2D eigenvalue weighted by molar-refractivity contribution is 14.0. The van der Waals surface area contributed by atoms with Gasteiger partial charge in [0.15, 0.2) is 5.96 Å². The van der Waals surface area contributed by atoms with Crippen molar-refractivity contribution in [3.05, 3.63) is 12.2 Å². The molecule has 0 amide bonds. The fourth-order valence-corrected chi connectivity index (χ4v) is 3.50. The molecule has 2 heterocycles. The number of likely N-dealkylation sites (tertiary alicyclic amines) is 1. The standard InChI is InChI=1S/C20H39N7O.HI/c1-4-12-26-13-8-18(9-14-26)24-20(21-10-7-16-28-6-3)22-11-15-27-17-23-25-19(27)5-2;/h17-18H,4-16H2,1-3H3,(H2,21,22,24);1H. The average molecular weight is 521 g/mol. The molecule has 0 aromatic carbocycles. The minimum absolute atomic E-state index is 0. The lowest BCUT2D eigenvalue weighted by molar-refractivity contribution is 0.146. The van der Waals surface area contributed by atoms with E-state index in [1.54, 1.807) is 6.33 Å². The van der Waals surface area contributed by atoms with Crippen molar-refractivity contribution in [3.8, 4) is 0 Å². The number of nitrogens with one attached hydrogen (secondary N) is 2. The Balaban J connectivity index is 0.00000420. The van der Waals surface area contributed by atoms with E-state index in [2.05, 4.69) is 44.1 Å². The van der Waals surface area contributed by atoms with Crippen molar-refractivity contribution in [2.45, 2.75) is 65.5 Å². The second kappa shape index (κ2) is 15.8. The van der Waals surface area contributed by atoms with Gasteiger partial charge >= 0.3 is 0 Å². The number of nitrogens with zero attached hydrogens (tertiary/aromatic N) is 5. The molecule has 1 aromatic rings. The van der Waals surface area contributed by atoms with Crippen LogP contribution in [-0.2, 0) is 17.7 Å². The van der Waals surface area contributed by atoms with E-state index < -0.39 is 0 Å². The van der Waals surface area contributed by atoms with E-state index in [1.807, 2.05) is 6.92 Å². The van der Waals surface area contributed by atoms with E-state index in [4.69, 9.17) is 9.73 Å². The van der Waals surface area contributed by atoms with Gasteiger partial charge in [-0.15, -0.1) is 34.2 Å². The molecule has 0 spiro atoms. The summed E-state index contributed by atoms with van der Waals surface area (Å²) in [5.41, 5.74) is 0. The van der Waals surface area contributed by atoms with Crippen molar-refractivity contribution >= 4 is 29.9 Å². The molecule has 0 unspecified atom stereocenters. The molecule has 1 saturated heterocycles. The lowest BCUT2D eigenvalue weighted by atomic mass is 10.1. The zero-order valence-electron chi connectivity index (χ0n) is 18.4. The van der Waals surface area contributed by atoms with Crippen LogP contribution in [-0.4, -0.2) is 77.6 Å². The number of halogens is 1. The maximum absolute atomic E-state index is 5.42. The maximum atomic E-state index is 5.42. The highest BCUT2D eigenvalue weighted by atomic mass is 127. The Kier molecular flexibility index (Phi) is 14.3. The van der Waals surface area contributed by atoms with Gasteiger partial charge in [0.1, 0.15) is 12.2 Å². The van der Waals surface area contributed by atoms with Crippen LogP contribution < -0.4 is 10.6 Å². The number of ether oxygens (including phenoxy) is 1. The van der Waals surface area contributed by atoms with Gasteiger partial charge in [0.05, 0.1) is 0 Å². The summed E-state index contributed by atoms with van der Waals surface area (Å²) in [5.74, 6) is 1.94. The number of piperidine rings is 1. The van der Waals surface area contributed by atoms with Gasteiger partial charge in [0.2, 0.25) is 0 Å².